The Morgan fingerprint density at radius 3 is 2.37 bits per heavy atom. The van der Waals surface area contributed by atoms with E-state index in [0.29, 0.717) is 11.5 Å². The summed E-state index contributed by atoms with van der Waals surface area (Å²) >= 11 is 0. The maximum absolute atomic E-state index is 5.59. The molecule has 0 bridgehead atoms. The van der Waals surface area contributed by atoms with Crippen LogP contribution in [0.1, 0.15) is 46.5 Å². The lowest BCUT2D eigenvalue weighted by Crippen LogP contribution is -2.49. The largest absolute Gasteiger partial charge is 0.381 e. The van der Waals surface area contributed by atoms with E-state index in [-0.39, 0.29) is 0 Å². The number of hydrogen-bond acceptors (Lipinski definition) is 3. The van der Waals surface area contributed by atoms with Crippen molar-refractivity contribution >= 4 is 0 Å². The fourth-order valence-corrected chi connectivity index (χ4v) is 3.23. The zero-order valence-electron chi connectivity index (χ0n) is 13.2. The molecule has 1 unspecified atom stereocenters. The first kappa shape index (κ1) is 15.3. The Morgan fingerprint density at radius 2 is 1.84 bits per heavy atom. The third-order valence-electron chi connectivity index (χ3n) is 5.02. The summed E-state index contributed by atoms with van der Waals surface area (Å²) in [4.78, 5) is 2.60. The standard InChI is InChI=1S/C16H32N2O/c1-13(2)17-11-16(7-9-19-10-8-16)12-18(4)14(3)15-5-6-15/h13-15,17H,5-12H2,1-4H3. The van der Waals surface area contributed by atoms with Crippen molar-refractivity contribution < 1.29 is 4.74 Å². The lowest BCUT2D eigenvalue weighted by atomic mass is 9.79. The molecule has 1 aliphatic heterocycles. The van der Waals surface area contributed by atoms with Gasteiger partial charge in [-0.05, 0) is 51.0 Å². The fraction of sp³-hybridized carbons (Fsp3) is 1.00. The summed E-state index contributed by atoms with van der Waals surface area (Å²) < 4.78 is 5.59. The smallest absolute Gasteiger partial charge is 0.0472 e. The van der Waals surface area contributed by atoms with Gasteiger partial charge < -0.3 is 15.0 Å². The highest BCUT2D eigenvalue weighted by Gasteiger charge is 2.37. The molecule has 2 aliphatic rings. The Bertz CT molecular complexity index is 270. The molecule has 3 nitrogen and oxygen atoms in total. The number of ether oxygens (including phenoxy) is 1. The summed E-state index contributed by atoms with van der Waals surface area (Å²) in [6, 6.07) is 1.32. The third-order valence-corrected chi connectivity index (χ3v) is 5.02. The Balaban J connectivity index is 1.91. The molecule has 0 aromatic heterocycles. The molecule has 1 N–H and O–H groups in total. The molecule has 3 heteroatoms. The SMILES string of the molecule is CC(C)NCC1(CN(C)C(C)C2CC2)CCOCC1. The summed E-state index contributed by atoms with van der Waals surface area (Å²) in [5, 5.41) is 3.66. The summed E-state index contributed by atoms with van der Waals surface area (Å²) in [5.74, 6) is 0.958. The van der Waals surface area contributed by atoms with E-state index < -0.39 is 0 Å². The minimum Gasteiger partial charge on any atom is -0.381 e. The number of nitrogens with zero attached hydrogens (tertiary/aromatic N) is 1. The van der Waals surface area contributed by atoms with Crippen molar-refractivity contribution in [2.75, 3.05) is 33.4 Å². The molecule has 2 fully saturated rings. The first-order chi connectivity index (χ1) is 9.02. The van der Waals surface area contributed by atoms with E-state index in [9.17, 15) is 0 Å². The van der Waals surface area contributed by atoms with Crippen LogP contribution < -0.4 is 5.32 Å². The average molecular weight is 268 g/mol. The summed E-state index contributed by atoms with van der Waals surface area (Å²) in [5.41, 5.74) is 0.417. The van der Waals surface area contributed by atoms with Gasteiger partial charge in [-0.25, -0.2) is 0 Å². The zero-order valence-corrected chi connectivity index (χ0v) is 13.2. The van der Waals surface area contributed by atoms with Gasteiger partial charge in [0.25, 0.3) is 0 Å². The van der Waals surface area contributed by atoms with E-state index >= 15 is 0 Å². The molecule has 0 spiro atoms. The Labute approximate surface area is 119 Å². The molecule has 0 amide bonds. The minimum absolute atomic E-state index is 0.417. The van der Waals surface area contributed by atoms with Crippen molar-refractivity contribution in [3.63, 3.8) is 0 Å². The second kappa shape index (κ2) is 6.55. The van der Waals surface area contributed by atoms with Crippen molar-refractivity contribution in [3.05, 3.63) is 0 Å². The summed E-state index contributed by atoms with van der Waals surface area (Å²) in [6.45, 7) is 11.1. The van der Waals surface area contributed by atoms with Gasteiger partial charge in [0.15, 0.2) is 0 Å². The second-order valence-corrected chi connectivity index (χ2v) is 7.14. The van der Waals surface area contributed by atoms with E-state index in [2.05, 4.69) is 38.0 Å². The molecule has 1 saturated carbocycles. The van der Waals surface area contributed by atoms with E-state index in [4.69, 9.17) is 4.74 Å². The number of rotatable bonds is 7. The van der Waals surface area contributed by atoms with Crippen LogP contribution in [0.5, 0.6) is 0 Å². The molecule has 0 aromatic rings. The molecule has 2 rings (SSSR count). The first-order valence-corrected chi connectivity index (χ1v) is 8.04. The Hall–Kier alpha value is -0.120. The van der Waals surface area contributed by atoms with Gasteiger partial charge in [-0.15, -0.1) is 0 Å². The molecule has 1 aliphatic carbocycles. The van der Waals surface area contributed by atoms with Gasteiger partial charge in [-0.1, -0.05) is 13.8 Å². The highest BCUT2D eigenvalue weighted by atomic mass is 16.5. The van der Waals surface area contributed by atoms with Crippen LogP contribution in [0.3, 0.4) is 0 Å². The van der Waals surface area contributed by atoms with Crippen LogP contribution >= 0.6 is 0 Å². The van der Waals surface area contributed by atoms with Crippen LogP contribution in [0.2, 0.25) is 0 Å². The van der Waals surface area contributed by atoms with Gasteiger partial charge in [0, 0.05) is 38.4 Å². The van der Waals surface area contributed by atoms with Gasteiger partial charge in [-0.2, -0.15) is 0 Å². The quantitative estimate of drug-likeness (QED) is 0.768. The van der Waals surface area contributed by atoms with Gasteiger partial charge in [-0.3, -0.25) is 0 Å². The van der Waals surface area contributed by atoms with Crippen molar-refractivity contribution in [1.82, 2.24) is 10.2 Å². The van der Waals surface area contributed by atoms with Crippen LogP contribution in [0, 0.1) is 11.3 Å². The molecule has 19 heavy (non-hydrogen) atoms. The summed E-state index contributed by atoms with van der Waals surface area (Å²) in [7, 11) is 2.32. The summed E-state index contributed by atoms with van der Waals surface area (Å²) in [6.07, 6.45) is 5.28. The van der Waals surface area contributed by atoms with Gasteiger partial charge in [0.2, 0.25) is 0 Å². The van der Waals surface area contributed by atoms with Crippen LogP contribution in [0.4, 0.5) is 0 Å². The lowest BCUT2D eigenvalue weighted by molar-refractivity contribution is -0.00779. The predicted molar refractivity (Wildman–Crippen MR) is 80.4 cm³/mol. The van der Waals surface area contributed by atoms with E-state index in [1.807, 2.05) is 0 Å². The maximum atomic E-state index is 5.59. The monoisotopic (exact) mass is 268 g/mol. The number of nitrogens with one attached hydrogen (secondary N) is 1. The molecule has 1 atom stereocenters. The van der Waals surface area contributed by atoms with Crippen molar-refractivity contribution in [2.45, 2.75) is 58.5 Å². The molecular weight excluding hydrogens is 236 g/mol. The fourth-order valence-electron chi connectivity index (χ4n) is 3.23. The van der Waals surface area contributed by atoms with Crippen LogP contribution in [0.15, 0.2) is 0 Å². The molecule has 1 saturated heterocycles. The highest BCUT2D eigenvalue weighted by Crippen LogP contribution is 2.37. The average Bonchev–Trinajstić information content (AvgIpc) is 3.21. The minimum atomic E-state index is 0.417. The van der Waals surface area contributed by atoms with Crippen LogP contribution in [0.25, 0.3) is 0 Å². The van der Waals surface area contributed by atoms with Crippen molar-refractivity contribution in [2.24, 2.45) is 11.3 Å². The Kier molecular flexibility index (Phi) is 5.27. The topological polar surface area (TPSA) is 24.5 Å². The maximum Gasteiger partial charge on any atom is 0.0472 e. The lowest BCUT2D eigenvalue weighted by Gasteiger charge is -2.42. The first-order valence-electron chi connectivity index (χ1n) is 8.04. The molecular formula is C16H32N2O. The van der Waals surface area contributed by atoms with Crippen molar-refractivity contribution in [3.8, 4) is 0 Å². The number of hydrogen-bond donors (Lipinski definition) is 1. The predicted octanol–water partition coefficient (Wildman–Crippen LogP) is 2.51. The molecule has 0 aromatic carbocycles. The van der Waals surface area contributed by atoms with Crippen molar-refractivity contribution in [1.29, 1.82) is 0 Å². The Morgan fingerprint density at radius 1 is 1.21 bits per heavy atom. The van der Waals surface area contributed by atoms with E-state index in [0.717, 1.165) is 31.7 Å². The van der Waals surface area contributed by atoms with Crippen LogP contribution in [-0.2, 0) is 4.74 Å². The van der Waals surface area contributed by atoms with Gasteiger partial charge >= 0.3 is 0 Å². The molecule has 112 valence electrons. The van der Waals surface area contributed by atoms with Crippen LogP contribution in [-0.4, -0.2) is 50.3 Å². The molecule has 1 heterocycles. The van der Waals surface area contributed by atoms with E-state index in [1.54, 1.807) is 0 Å². The second-order valence-electron chi connectivity index (χ2n) is 7.14. The van der Waals surface area contributed by atoms with E-state index in [1.165, 1.54) is 32.2 Å². The van der Waals surface area contributed by atoms with Gasteiger partial charge in [0.05, 0.1) is 0 Å². The third kappa shape index (κ3) is 4.44. The zero-order chi connectivity index (χ0) is 13.9. The molecule has 0 radical (unpaired) electrons. The highest BCUT2D eigenvalue weighted by molar-refractivity contribution is 4.91. The normalized spacial score (nSPS) is 24.9. The van der Waals surface area contributed by atoms with Gasteiger partial charge in [0.1, 0.15) is 0 Å².